The van der Waals surface area contributed by atoms with Crippen LogP contribution in [0.1, 0.15) is 12.5 Å². The Bertz CT molecular complexity index is 1220. The lowest BCUT2D eigenvalue weighted by Gasteiger charge is -2.12. The molecule has 4 rings (SSSR count). The van der Waals surface area contributed by atoms with Crippen molar-refractivity contribution in [3.05, 3.63) is 65.2 Å². The molecule has 1 aromatic heterocycles. The average molecular weight is 452 g/mol. The SMILES string of the molecule is CCn1cc(/C=C2\SC(=O)N(CC(=O)Nc3cccc(SC)c3)C2=O)c2ccccc21. The number of aromatic nitrogens is 1. The summed E-state index contributed by atoms with van der Waals surface area (Å²) < 4.78 is 2.10. The third-order valence-electron chi connectivity index (χ3n) is 4.98. The molecule has 6 nitrogen and oxygen atoms in total. The van der Waals surface area contributed by atoms with Gasteiger partial charge in [-0.1, -0.05) is 24.3 Å². The number of rotatable bonds is 6. The van der Waals surface area contributed by atoms with E-state index in [4.69, 9.17) is 0 Å². The molecular formula is C23H21N3O3S2. The van der Waals surface area contributed by atoms with Crippen LogP contribution in [-0.2, 0) is 16.1 Å². The molecule has 0 aliphatic carbocycles. The number of hydrogen-bond donors (Lipinski definition) is 1. The van der Waals surface area contributed by atoms with Gasteiger partial charge < -0.3 is 9.88 Å². The van der Waals surface area contributed by atoms with E-state index in [0.29, 0.717) is 10.6 Å². The first kappa shape index (κ1) is 21.3. The fourth-order valence-corrected chi connectivity index (χ4v) is 4.76. The molecule has 0 unspecified atom stereocenters. The van der Waals surface area contributed by atoms with Gasteiger partial charge in [0.2, 0.25) is 5.91 Å². The maximum Gasteiger partial charge on any atom is 0.294 e. The van der Waals surface area contributed by atoms with E-state index in [1.165, 1.54) is 0 Å². The molecule has 0 saturated carbocycles. The number of para-hydroxylation sites is 1. The van der Waals surface area contributed by atoms with Crippen molar-refractivity contribution in [2.75, 3.05) is 18.1 Å². The largest absolute Gasteiger partial charge is 0.347 e. The normalized spacial score (nSPS) is 15.3. The van der Waals surface area contributed by atoms with E-state index in [0.717, 1.165) is 44.6 Å². The van der Waals surface area contributed by atoms with Crippen molar-refractivity contribution in [3.8, 4) is 0 Å². The summed E-state index contributed by atoms with van der Waals surface area (Å²) >= 11 is 2.43. The van der Waals surface area contributed by atoms with Crippen molar-refractivity contribution in [1.82, 2.24) is 9.47 Å². The topological polar surface area (TPSA) is 71.4 Å². The van der Waals surface area contributed by atoms with Crippen LogP contribution >= 0.6 is 23.5 Å². The third kappa shape index (κ3) is 4.40. The van der Waals surface area contributed by atoms with E-state index in [1.807, 2.05) is 54.9 Å². The Hall–Kier alpha value is -2.97. The van der Waals surface area contributed by atoms with Gasteiger partial charge in [0.25, 0.3) is 11.1 Å². The number of carbonyl (C=O) groups is 3. The van der Waals surface area contributed by atoms with Crippen LogP contribution < -0.4 is 5.32 Å². The molecule has 1 saturated heterocycles. The van der Waals surface area contributed by atoms with Crippen LogP contribution in [0.5, 0.6) is 0 Å². The second-order valence-corrected chi connectivity index (χ2v) is 8.81. The second kappa shape index (κ2) is 9.03. The molecule has 31 heavy (non-hydrogen) atoms. The number of nitrogens with zero attached hydrogens (tertiary/aromatic N) is 2. The molecule has 0 radical (unpaired) electrons. The molecular weight excluding hydrogens is 430 g/mol. The number of thioether (sulfide) groups is 2. The summed E-state index contributed by atoms with van der Waals surface area (Å²) in [6.45, 7) is 2.54. The number of anilines is 1. The van der Waals surface area contributed by atoms with Gasteiger partial charge in [0, 0.05) is 39.8 Å². The van der Waals surface area contributed by atoms with Crippen LogP contribution in [0, 0.1) is 0 Å². The minimum Gasteiger partial charge on any atom is -0.347 e. The number of benzene rings is 2. The van der Waals surface area contributed by atoms with Gasteiger partial charge in [-0.3, -0.25) is 19.3 Å². The lowest BCUT2D eigenvalue weighted by Crippen LogP contribution is -2.36. The van der Waals surface area contributed by atoms with Crippen molar-refractivity contribution in [2.24, 2.45) is 0 Å². The maximum absolute atomic E-state index is 12.8. The van der Waals surface area contributed by atoms with E-state index in [-0.39, 0.29) is 6.54 Å². The van der Waals surface area contributed by atoms with Gasteiger partial charge in [-0.15, -0.1) is 11.8 Å². The van der Waals surface area contributed by atoms with Crippen LogP contribution in [0.15, 0.2) is 64.5 Å². The number of aryl methyl sites for hydroxylation is 1. The quantitative estimate of drug-likeness (QED) is 0.419. The first-order valence-electron chi connectivity index (χ1n) is 9.77. The number of nitrogens with one attached hydrogen (secondary N) is 1. The fraction of sp³-hybridized carbons (Fsp3) is 0.174. The molecule has 0 atom stereocenters. The van der Waals surface area contributed by atoms with Crippen molar-refractivity contribution in [1.29, 1.82) is 0 Å². The third-order valence-corrected chi connectivity index (χ3v) is 6.61. The first-order chi connectivity index (χ1) is 15.0. The van der Waals surface area contributed by atoms with Crippen molar-refractivity contribution in [2.45, 2.75) is 18.4 Å². The Morgan fingerprint density at radius 1 is 1.16 bits per heavy atom. The zero-order chi connectivity index (χ0) is 22.0. The predicted molar refractivity (Wildman–Crippen MR) is 127 cm³/mol. The molecule has 0 spiro atoms. The summed E-state index contributed by atoms with van der Waals surface area (Å²) in [7, 11) is 0. The highest BCUT2D eigenvalue weighted by Gasteiger charge is 2.36. The zero-order valence-corrected chi connectivity index (χ0v) is 18.8. The minimum absolute atomic E-state index is 0.317. The van der Waals surface area contributed by atoms with Gasteiger partial charge in [0.1, 0.15) is 6.54 Å². The Kier molecular flexibility index (Phi) is 6.20. The summed E-state index contributed by atoms with van der Waals surface area (Å²) in [4.78, 5) is 40.1. The molecule has 3 aromatic rings. The molecule has 1 N–H and O–H groups in total. The van der Waals surface area contributed by atoms with Gasteiger partial charge in [-0.25, -0.2) is 0 Å². The number of amides is 3. The smallest absolute Gasteiger partial charge is 0.294 e. The summed E-state index contributed by atoms with van der Waals surface area (Å²) in [6, 6.07) is 15.3. The van der Waals surface area contributed by atoms with Gasteiger partial charge in [-0.05, 0) is 55.3 Å². The highest BCUT2D eigenvalue weighted by Crippen LogP contribution is 2.34. The van der Waals surface area contributed by atoms with Gasteiger partial charge in [0.05, 0.1) is 4.91 Å². The minimum atomic E-state index is -0.448. The summed E-state index contributed by atoms with van der Waals surface area (Å²) in [6.07, 6.45) is 5.66. The Balaban J connectivity index is 1.52. The zero-order valence-electron chi connectivity index (χ0n) is 17.1. The average Bonchev–Trinajstić information content (AvgIpc) is 3.26. The molecule has 2 heterocycles. The molecule has 158 valence electrons. The second-order valence-electron chi connectivity index (χ2n) is 6.94. The predicted octanol–water partition coefficient (Wildman–Crippen LogP) is 5.06. The highest BCUT2D eigenvalue weighted by molar-refractivity contribution is 8.18. The molecule has 8 heteroatoms. The number of fused-ring (bicyclic) bond motifs is 1. The summed E-state index contributed by atoms with van der Waals surface area (Å²) in [5, 5.41) is 3.33. The lowest BCUT2D eigenvalue weighted by molar-refractivity contribution is -0.127. The van der Waals surface area contributed by atoms with Crippen molar-refractivity contribution in [3.63, 3.8) is 0 Å². The molecule has 2 aromatic carbocycles. The van der Waals surface area contributed by atoms with Gasteiger partial charge in [0.15, 0.2) is 0 Å². The molecule has 1 fully saturated rings. The standard InChI is InChI=1S/C23H21N3O3S2/c1-3-25-13-15(18-9-4-5-10-19(18)25)11-20-22(28)26(23(29)31-20)14-21(27)24-16-7-6-8-17(12-16)30-2/h4-13H,3,14H2,1-2H3,(H,24,27)/b20-11-. The highest BCUT2D eigenvalue weighted by atomic mass is 32.2. The number of carbonyl (C=O) groups excluding carboxylic acids is 3. The van der Waals surface area contributed by atoms with Crippen LogP contribution in [0.25, 0.3) is 17.0 Å². The van der Waals surface area contributed by atoms with E-state index in [2.05, 4.69) is 16.8 Å². The van der Waals surface area contributed by atoms with Gasteiger partial charge in [-0.2, -0.15) is 0 Å². The van der Waals surface area contributed by atoms with Crippen LogP contribution in [0.4, 0.5) is 10.5 Å². The number of hydrogen-bond acceptors (Lipinski definition) is 5. The van der Waals surface area contributed by atoms with E-state index in [9.17, 15) is 14.4 Å². The molecule has 1 aliphatic heterocycles. The molecule has 0 bridgehead atoms. The van der Waals surface area contributed by atoms with E-state index in [1.54, 1.807) is 23.9 Å². The molecule has 3 amide bonds. The monoisotopic (exact) mass is 451 g/mol. The van der Waals surface area contributed by atoms with E-state index >= 15 is 0 Å². The lowest BCUT2D eigenvalue weighted by atomic mass is 10.1. The maximum atomic E-state index is 12.8. The Morgan fingerprint density at radius 2 is 1.97 bits per heavy atom. The Labute approximate surface area is 188 Å². The van der Waals surface area contributed by atoms with Crippen molar-refractivity contribution >= 4 is 63.2 Å². The van der Waals surface area contributed by atoms with Gasteiger partial charge >= 0.3 is 0 Å². The fourth-order valence-electron chi connectivity index (χ4n) is 3.47. The number of imide groups is 1. The van der Waals surface area contributed by atoms with Crippen molar-refractivity contribution < 1.29 is 14.4 Å². The summed E-state index contributed by atoms with van der Waals surface area (Å²) in [5.41, 5.74) is 2.58. The van der Waals surface area contributed by atoms with Crippen LogP contribution in [0.2, 0.25) is 0 Å². The van der Waals surface area contributed by atoms with E-state index < -0.39 is 17.1 Å². The molecule has 1 aliphatic rings. The first-order valence-corrected chi connectivity index (χ1v) is 11.8. The summed E-state index contributed by atoms with van der Waals surface area (Å²) in [5.74, 6) is -0.860. The Morgan fingerprint density at radius 3 is 2.74 bits per heavy atom. The van der Waals surface area contributed by atoms with Crippen LogP contribution in [-0.4, -0.2) is 39.3 Å². The van der Waals surface area contributed by atoms with Crippen LogP contribution in [0.3, 0.4) is 0 Å².